The maximum atomic E-state index is 4.62. The Kier molecular flexibility index (Phi) is 6.28. The summed E-state index contributed by atoms with van der Waals surface area (Å²) in [4.78, 5) is 0. The Labute approximate surface area is 184 Å². The van der Waals surface area contributed by atoms with E-state index in [-0.39, 0.29) is 0 Å². The van der Waals surface area contributed by atoms with Crippen LogP contribution >= 0.6 is 20.8 Å². The summed E-state index contributed by atoms with van der Waals surface area (Å²) in [5.74, 6) is 1.69. The molecule has 1 aliphatic rings. The molecule has 0 aliphatic heterocycles. The molecule has 4 rings (SSSR count). The van der Waals surface area contributed by atoms with Gasteiger partial charge in [0.25, 0.3) is 0 Å². The van der Waals surface area contributed by atoms with Gasteiger partial charge in [0.05, 0.1) is 0 Å². The van der Waals surface area contributed by atoms with Crippen LogP contribution < -0.4 is 15.9 Å². The molecule has 1 saturated carbocycles. The van der Waals surface area contributed by atoms with Crippen LogP contribution in [0.25, 0.3) is 0 Å². The van der Waals surface area contributed by atoms with Gasteiger partial charge in [-0.25, -0.2) is 0 Å². The van der Waals surface area contributed by atoms with Gasteiger partial charge in [-0.15, -0.1) is 0 Å². The van der Waals surface area contributed by atoms with E-state index in [1.807, 2.05) is 0 Å². The van der Waals surface area contributed by atoms with E-state index in [1.54, 1.807) is 0 Å². The second kappa shape index (κ2) is 8.75. The average Bonchev–Trinajstić information content (AvgIpc) is 2.81. The summed E-state index contributed by atoms with van der Waals surface area (Å²) < 4.78 is 0. The van der Waals surface area contributed by atoms with E-state index in [1.165, 1.54) is 54.2 Å². The van der Waals surface area contributed by atoms with Crippen LogP contribution in [0.2, 0.25) is 0 Å². The third-order valence-corrected chi connectivity index (χ3v) is 16.9. The van der Waals surface area contributed by atoms with E-state index in [2.05, 4.69) is 113 Å². The van der Waals surface area contributed by atoms with Crippen LogP contribution in [0.4, 0.5) is 0 Å². The molecule has 0 nitrogen and oxygen atoms in total. The van der Waals surface area contributed by atoms with Gasteiger partial charge in [0.15, 0.2) is 0 Å². The molecule has 1 aliphatic carbocycles. The molecule has 0 N–H and O–H groups in total. The molecule has 0 amide bonds. The molecular weight excluding hydrogens is 435 g/mol. The van der Waals surface area contributed by atoms with Gasteiger partial charge in [-0.3, -0.25) is 0 Å². The van der Waals surface area contributed by atoms with Crippen LogP contribution in [0.5, 0.6) is 0 Å². The first-order valence-corrected chi connectivity index (χ1v) is 15.5. The molecule has 0 heterocycles. The number of benzene rings is 3. The SMILES string of the molecule is CCC1CCC(CP(Br)(c2ccccc2)(c2ccccc2)c2ccccc2)CC1. The third kappa shape index (κ3) is 3.85. The van der Waals surface area contributed by atoms with Gasteiger partial charge >= 0.3 is 185 Å². The Morgan fingerprint density at radius 1 is 0.621 bits per heavy atom. The summed E-state index contributed by atoms with van der Waals surface area (Å²) in [6.07, 6.45) is 8.03. The second-order valence-corrected chi connectivity index (χ2v) is 17.6. The number of halogens is 1. The molecule has 0 unspecified atom stereocenters. The Bertz CT molecular complexity index is 800. The minimum atomic E-state index is -2.75. The van der Waals surface area contributed by atoms with Crippen molar-refractivity contribution in [1.82, 2.24) is 0 Å². The van der Waals surface area contributed by atoms with Gasteiger partial charge in [-0.2, -0.15) is 0 Å². The summed E-state index contributed by atoms with van der Waals surface area (Å²) >= 11 is 4.62. The van der Waals surface area contributed by atoms with E-state index in [0.29, 0.717) is 0 Å². The van der Waals surface area contributed by atoms with Crippen LogP contribution in [0.15, 0.2) is 91.0 Å². The predicted octanol–water partition coefficient (Wildman–Crippen LogP) is 7.04. The summed E-state index contributed by atoms with van der Waals surface area (Å²) in [7, 11) is 0. The quantitative estimate of drug-likeness (QED) is 0.341. The Morgan fingerprint density at radius 3 is 1.31 bits per heavy atom. The number of rotatable bonds is 6. The van der Waals surface area contributed by atoms with Gasteiger partial charge in [0.1, 0.15) is 0 Å². The molecule has 0 spiro atoms. The van der Waals surface area contributed by atoms with E-state index in [0.717, 1.165) is 11.8 Å². The first-order valence-electron chi connectivity index (χ1n) is 11.0. The third-order valence-electron chi connectivity index (χ3n) is 7.03. The molecule has 1 fully saturated rings. The standard InChI is InChI=1S/C27H32BrP/c1-2-23-18-20-24(21-19-23)22-29(28,25-12-6-3-7-13-25,26-14-8-4-9-15-26)27-16-10-5-11-17-27/h3-17,23-24H,2,18-22H2,1H3. The molecule has 0 saturated heterocycles. The summed E-state index contributed by atoms with van der Waals surface area (Å²) in [5.41, 5.74) is 0. The zero-order valence-corrected chi connectivity index (χ0v) is 19.9. The Balaban J connectivity index is 1.90. The van der Waals surface area contributed by atoms with Crippen LogP contribution in [-0.4, -0.2) is 6.16 Å². The van der Waals surface area contributed by atoms with Gasteiger partial charge < -0.3 is 0 Å². The summed E-state index contributed by atoms with van der Waals surface area (Å²) in [5, 5.41) is 1.61. The zero-order valence-electron chi connectivity index (χ0n) is 17.4. The van der Waals surface area contributed by atoms with E-state index >= 15 is 0 Å². The van der Waals surface area contributed by atoms with Crippen molar-refractivity contribution in [3.63, 3.8) is 0 Å². The van der Waals surface area contributed by atoms with Crippen molar-refractivity contribution in [3.05, 3.63) is 91.0 Å². The molecule has 152 valence electrons. The molecular formula is C27H32BrP. The second-order valence-electron chi connectivity index (χ2n) is 8.67. The van der Waals surface area contributed by atoms with Crippen LogP contribution in [-0.2, 0) is 0 Å². The van der Waals surface area contributed by atoms with Gasteiger partial charge in [0.2, 0.25) is 0 Å². The van der Waals surface area contributed by atoms with Crippen molar-refractivity contribution in [1.29, 1.82) is 0 Å². The fraction of sp³-hybridized carbons (Fsp3) is 0.333. The van der Waals surface area contributed by atoms with E-state index < -0.39 is 5.31 Å². The summed E-state index contributed by atoms with van der Waals surface area (Å²) in [6, 6.07) is 33.8. The Morgan fingerprint density at radius 2 is 0.966 bits per heavy atom. The van der Waals surface area contributed by atoms with Crippen molar-refractivity contribution < 1.29 is 0 Å². The van der Waals surface area contributed by atoms with Gasteiger partial charge in [-0.1, -0.05) is 0 Å². The van der Waals surface area contributed by atoms with Crippen molar-refractivity contribution in [2.45, 2.75) is 39.0 Å². The van der Waals surface area contributed by atoms with Crippen molar-refractivity contribution in [3.8, 4) is 0 Å². The fourth-order valence-electron chi connectivity index (χ4n) is 5.29. The molecule has 2 heteroatoms. The maximum absolute atomic E-state index is 4.62. The van der Waals surface area contributed by atoms with E-state index in [4.69, 9.17) is 0 Å². The minimum absolute atomic E-state index is 0.760. The predicted molar refractivity (Wildman–Crippen MR) is 135 cm³/mol. The topological polar surface area (TPSA) is 0 Å². The molecule has 3 aromatic carbocycles. The molecule has 0 radical (unpaired) electrons. The fourth-order valence-corrected chi connectivity index (χ4v) is 13.9. The normalized spacial score (nSPS) is 21.2. The van der Waals surface area contributed by atoms with Gasteiger partial charge in [-0.05, 0) is 0 Å². The zero-order chi connectivity index (χ0) is 20.2. The van der Waals surface area contributed by atoms with E-state index in [9.17, 15) is 0 Å². The van der Waals surface area contributed by atoms with Crippen molar-refractivity contribution in [2.24, 2.45) is 11.8 Å². The van der Waals surface area contributed by atoms with Crippen molar-refractivity contribution >= 4 is 36.7 Å². The molecule has 3 aromatic rings. The van der Waals surface area contributed by atoms with Crippen LogP contribution in [0.3, 0.4) is 0 Å². The molecule has 0 atom stereocenters. The van der Waals surface area contributed by atoms with Crippen LogP contribution in [0.1, 0.15) is 39.0 Å². The van der Waals surface area contributed by atoms with Gasteiger partial charge in [0, 0.05) is 0 Å². The monoisotopic (exact) mass is 466 g/mol. The van der Waals surface area contributed by atoms with Crippen LogP contribution in [0, 0.1) is 11.8 Å². The summed E-state index contributed by atoms with van der Waals surface area (Å²) in [6.45, 7) is 2.35. The first kappa shape index (κ1) is 20.8. The average molecular weight is 467 g/mol. The Hall–Kier alpha value is -1.43. The van der Waals surface area contributed by atoms with Crippen molar-refractivity contribution in [2.75, 3.05) is 6.16 Å². The molecule has 29 heavy (non-hydrogen) atoms. The molecule has 0 aromatic heterocycles. The molecule has 0 bridgehead atoms. The number of hydrogen-bond donors (Lipinski definition) is 0. The number of hydrogen-bond acceptors (Lipinski definition) is 0. The first-order chi connectivity index (χ1) is 14.1.